The van der Waals surface area contributed by atoms with Crippen molar-refractivity contribution in [2.24, 2.45) is 28.1 Å². The lowest BCUT2D eigenvalue weighted by Gasteiger charge is -2.62. The largest absolute Gasteiger partial charge is 0.510 e. The monoisotopic (exact) mass is 480 g/mol. The minimum atomic E-state index is -1.08. The number of benzene rings is 1. The van der Waals surface area contributed by atoms with Crippen LogP contribution in [-0.2, 0) is 27.4 Å². The quantitative estimate of drug-likeness (QED) is 0.569. The number of ether oxygens (including phenoxy) is 1. The number of aromatic hydroxyl groups is 1. The Bertz CT molecular complexity index is 1230. The van der Waals surface area contributed by atoms with Crippen molar-refractivity contribution in [2.75, 3.05) is 7.11 Å². The van der Waals surface area contributed by atoms with Crippen molar-refractivity contribution in [2.45, 2.75) is 67.9 Å². The maximum absolute atomic E-state index is 14.1. The Morgan fingerprint density at radius 2 is 1.80 bits per heavy atom. The van der Waals surface area contributed by atoms with Crippen LogP contribution in [-0.4, -0.2) is 34.7 Å². The van der Waals surface area contributed by atoms with E-state index >= 15 is 0 Å². The number of allylic oxidation sites excluding steroid dienone is 3. The van der Waals surface area contributed by atoms with Crippen LogP contribution in [0.4, 0.5) is 0 Å². The fraction of sp³-hybridized carbons (Fsp3) is 0.552. The number of carbonyl (C=O) groups excluding carboxylic acids is 3. The second-order valence-electron chi connectivity index (χ2n) is 11.7. The first-order valence-electron chi connectivity index (χ1n) is 12.3. The van der Waals surface area contributed by atoms with E-state index in [0.29, 0.717) is 30.6 Å². The van der Waals surface area contributed by atoms with Crippen LogP contribution in [0.3, 0.4) is 0 Å². The summed E-state index contributed by atoms with van der Waals surface area (Å²) in [6, 6.07) is 3.32. The number of aliphatic hydroxyl groups is 1. The molecule has 6 heteroatoms. The van der Waals surface area contributed by atoms with Gasteiger partial charge >= 0.3 is 0 Å². The zero-order valence-electron chi connectivity index (χ0n) is 22.0. The molecule has 0 saturated heterocycles. The molecule has 0 spiro atoms. The number of methoxy groups -OCH3 is 1. The average molecular weight is 481 g/mol. The van der Waals surface area contributed by atoms with E-state index in [1.165, 1.54) is 13.0 Å². The third-order valence-electron chi connectivity index (χ3n) is 9.28. The number of carbonyl (C=O) groups is 3. The summed E-state index contributed by atoms with van der Waals surface area (Å²) in [5.41, 5.74) is 0.527. The van der Waals surface area contributed by atoms with E-state index in [9.17, 15) is 24.6 Å². The number of phenols is 1. The molecule has 0 amide bonds. The van der Waals surface area contributed by atoms with Crippen molar-refractivity contribution in [3.63, 3.8) is 0 Å². The third-order valence-corrected chi connectivity index (χ3v) is 9.28. The van der Waals surface area contributed by atoms with Crippen molar-refractivity contribution in [1.29, 1.82) is 0 Å². The predicted molar refractivity (Wildman–Crippen MR) is 132 cm³/mol. The lowest BCUT2D eigenvalue weighted by Crippen LogP contribution is -2.60. The summed E-state index contributed by atoms with van der Waals surface area (Å²) in [6.07, 6.45) is 0.975. The molecule has 1 unspecified atom stereocenters. The number of hydrogen-bond acceptors (Lipinski definition) is 6. The van der Waals surface area contributed by atoms with E-state index in [1.807, 2.05) is 41.5 Å². The number of ketones is 3. The highest BCUT2D eigenvalue weighted by atomic mass is 16.5. The molecule has 0 fully saturated rings. The molecule has 0 radical (unpaired) electrons. The van der Waals surface area contributed by atoms with E-state index in [4.69, 9.17) is 4.74 Å². The summed E-state index contributed by atoms with van der Waals surface area (Å²) >= 11 is 0. The van der Waals surface area contributed by atoms with Gasteiger partial charge < -0.3 is 14.9 Å². The lowest BCUT2D eigenvalue weighted by atomic mass is 9.40. The van der Waals surface area contributed by atoms with Gasteiger partial charge in [-0.3, -0.25) is 14.4 Å². The van der Waals surface area contributed by atoms with Gasteiger partial charge in [0.1, 0.15) is 11.5 Å². The van der Waals surface area contributed by atoms with Gasteiger partial charge in [-0.15, -0.1) is 0 Å². The van der Waals surface area contributed by atoms with Gasteiger partial charge in [0.25, 0.3) is 0 Å². The molecule has 4 atom stereocenters. The second kappa shape index (κ2) is 7.89. The van der Waals surface area contributed by atoms with Gasteiger partial charge in [-0.2, -0.15) is 0 Å². The molecule has 4 rings (SSSR count). The molecule has 1 aromatic carbocycles. The number of fused-ring (bicyclic) bond motifs is 3. The van der Waals surface area contributed by atoms with Gasteiger partial charge in [-0.1, -0.05) is 39.3 Å². The zero-order chi connectivity index (χ0) is 26.2. The highest BCUT2D eigenvalue weighted by molar-refractivity contribution is 6.22. The molecule has 3 aliphatic carbocycles. The Morgan fingerprint density at radius 1 is 1.17 bits per heavy atom. The van der Waals surface area contributed by atoms with E-state index < -0.39 is 27.9 Å². The molecule has 6 nitrogen and oxygen atoms in total. The highest BCUT2D eigenvalue weighted by Crippen LogP contribution is 2.69. The predicted octanol–water partition coefficient (Wildman–Crippen LogP) is 5.27. The number of Topliss-reactive ketones (excluding diaryl/α,β-unsaturated/α-hetero) is 3. The van der Waals surface area contributed by atoms with Crippen LogP contribution in [0.25, 0.3) is 0 Å². The van der Waals surface area contributed by atoms with Gasteiger partial charge in [-0.05, 0) is 62.1 Å². The van der Waals surface area contributed by atoms with Crippen molar-refractivity contribution < 1.29 is 29.3 Å². The third kappa shape index (κ3) is 3.08. The van der Waals surface area contributed by atoms with Crippen molar-refractivity contribution in [1.82, 2.24) is 0 Å². The van der Waals surface area contributed by atoms with Crippen LogP contribution in [0.5, 0.6) is 5.75 Å². The first-order chi connectivity index (χ1) is 16.2. The van der Waals surface area contributed by atoms with Gasteiger partial charge in [0.2, 0.25) is 0 Å². The van der Waals surface area contributed by atoms with Crippen molar-refractivity contribution in [3.8, 4) is 5.75 Å². The Morgan fingerprint density at radius 3 is 2.34 bits per heavy atom. The molecule has 0 aliphatic heterocycles. The van der Waals surface area contributed by atoms with Crippen LogP contribution in [0.1, 0.15) is 76.4 Å². The molecule has 0 bridgehead atoms. The molecule has 188 valence electrons. The normalized spacial score (nSPS) is 32.5. The molecule has 2 N–H and O–H groups in total. The van der Waals surface area contributed by atoms with E-state index in [0.717, 1.165) is 11.1 Å². The van der Waals surface area contributed by atoms with E-state index in [1.54, 1.807) is 13.2 Å². The molecule has 0 saturated carbocycles. The fourth-order valence-electron chi connectivity index (χ4n) is 7.80. The molecular weight excluding hydrogens is 444 g/mol. The number of phenolic OH excluding ortho intramolecular Hbond substituents is 1. The summed E-state index contributed by atoms with van der Waals surface area (Å²) in [7, 11) is 1.59. The SMILES string of the molecule is COCc1ccc(O)c2c1C[C@]1(C)C[C@]3(C)C(C(C)C)C(=O)C(C(C)=O)=C(O)[C@]3(C)C(C)=C1C2=O. The van der Waals surface area contributed by atoms with Crippen LogP contribution >= 0.6 is 0 Å². The molecule has 35 heavy (non-hydrogen) atoms. The van der Waals surface area contributed by atoms with Gasteiger partial charge in [0, 0.05) is 24.0 Å². The molecule has 1 aromatic rings. The zero-order valence-corrected chi connectivity index (χ0v) is 22.0. The summed E-state index contributed by atoms with van der Waals surface area (Å²) < 4.78 is 5.37. The van der Waals surface area contributed by atoms with E-state index in [2.05, 4.69) is 0 Å². The standard InChI is InChI=1S/C29H36O6/c1-14(2)22-24(32)20(16(4)30)26(34)29(7)15(3)23-25(33)21-18(11-27(23,5)13-28(22,29)6)17(12-35-8)9-10-19(21)31/h9-10,14,22,31,34H,11-13H2,1-8H3/t22?,27-,28-,29+/m1/s1. The molecular formula is C29H36O6. The minimum absolute atomic E-state index is 0.0752. The maximum atomic E-state index is 14.1. The van der Waals surface area contributed by atoms with Crippen LogP contribution in [0.2, 0.25) is 0 Å². The highest BCUT2D eigenvalue weighted by Gasteiger charge is 2.67. The first kappa shape index (κ1) is 25.4. The van der Waals surface area contributed by atoms with Crippen molar-refractivity contribution >= 4 is 17.3 Å². The Kier molecular flexibility index (Phi) is 5.72. The summed E-state index contributed by atoms with van der Waals surface area (Å²) in [4.78, 5) is 40.3. The van der Waals surface area contributed by atoms with Gasteiger partial charge in [0.05, 0.1) is 23.2 Å². The topological polar surface area (TPSA) is 101 Å². The summed E-state index contributed by atoms with van der Waals surface area (Å²) in [5.74, 6) is -1.94. The van der Waals surface area contributed by atoms with Crippen molar-refractivity contribution in [3.05, 3.63) is 51.3 Å². The minimum Gasteiger partial charge on any atom is -0.510 e. The lowest BCUT2D eigenvalue weighted by molar-refractivity contribution is -0.138. The first-order valence-corrected chi connectivity index (χ1v) is 12.3. The molecule has 0 heterocycles. The fourth-order valence-corrected chi connectivity index (χ4v) is 7.80. The Hall–Kier alpha value is -2.73. The van der Waals surface area contributed by atoms with Gasteiger partial charge in [-0.25, -0.2) is 0 Å². The second-order valence-corrected chi connectivity index (χ2v) is 11.7. The average Bonchev–Trinajstić information content (AvgIpc) is 2.72. The molecule has 3 aliphatic rings. The number of rotatable bonds is 4. The summed E-state index contributed by atoms with van der Waals surface area (Å²) in [6.45, 7) is 13.3. The summed E-state index contributed by atoms with van der Waals surface area (Å²) in [5, 5.41) is 22.3. The Labute approximate surface area is 207 Å². The van der Waals surface area contributed by atoms with E-state index in [-0.39, 0.29) is 40.1 Å². The number of aliphatic hydroxyl groups excluding tert-OH is 1. The van der Waals surface area contributed by atoms with Crippen LogP contribution in [0, 0.1) is 28.1 Å². The molecule has 0 aromatic heterocycles. The van der Waals surface area contributed by atoms with Crippen LogP contribution in [0.15, 0.2) is 34.6 Å². The Balaban J connectivity index is 2.09. The smallest absolute Gasteiger partial charge is 0.193 e. The maximum Gasteiger partial charge on any atom is 0.193 e. The number of hydrogen-bond donors (Lipinski definition) is 2. The van der Waals surface area contributed by atoms with Crippen LogP contribution < -0.4 is 0 Å². The van der Waals surface area contributed by atoms with Gasteiger partial charge in [0.15, 0.2) is 17.3 Å².